The summed E-state index contributed by atoms with van der Waals surface area (Å²) >= 11 is 0. The Balaban J connectivity index is 1.92. The Labute approximate surface area is 144 Å². The number of carbonyl (C=O) groups is 1. The Morgan fingerprint density at radius 3 is 2.42 bits per heavy atom. The van der Waals surface area contributed by atoms with Crippen molar-refractivity contribution in [1.29, 1.82) is 0 Å². The Hall–Kier alpha value is -1.66. The van der Waals surface area contributed by atoms with Crippen LogP contribution in [0, 0.1) is 5.92 Å². The summed E-state index contributed by atoms with van der Waals surface area (Å²) in [6, 6.07) is 6.72. The maximum atomic E-state index is 12.4. The van der Waals surface area contributed by atoms with Crippen molar-refractivity contribution in [3.63, 3.8) is 0 Å². The van der Waals surface area contributed by atoms with Crippen LogP contribution in [0.1, 0.15) is 38.7 Å². The lowest BCUT2D eigenvalue weighted by molar-refractivity contribution is -0.121. The molecule has 0 saturated carbocycles. The lowest BCUT2D eigenvalue weighted by Gasteiger charge is -2.18. The van der Waals surface area contributed by atoms with E-state index >= 15 is 0 Å². The summed E-state index contributed by atoms with van der Waals surface area (Å²) in [6.07, 6.45) is 6.84. The summed E-state index contributed by atoms with van der Waals surface area (Å²) in [5, 5.41) is 2.90. The molecule has 0 aliphatic heterocycles. The summed E-state index contributed by atoms with van der Waals surface area (Å²) in [7, 11) is -3.43. The van der Waals surface area contributed by atoms with Crippen LogP contribution in [-0.4, -0.2) is 31.7 Å². The van der Waals surface area contributed by atoms with E-state index in [1.54, 1.807) is 24.3 Å². The quantitative estimate of drug-likeness (QED) is 0.733. The largest absolute Gasteiger partial charge is 0.352 e. The van der Waals surface area contributed by atoms with Gasteiger partial charge in [-0.25, -0.2) is 8.42 Å². The number of hydrogen-bond donors (Lipinski definition) is 1. The first-order valence-electron chi connectivity index (χ1n) is 8.49. The molecule has 0 spiro atoms. The second-order valence-electron chi connectivity index (χ2n) is 5.98. The molecule has 5 nitrogen and oxygen atoms in total. The highest BCUT2D eigenvalue weighted by atomic mass is 32.2. The van der Waals surface area contributed by atoms with Gasteiger partial charge in [0, 0.05) is 26.1 Å². The van der Waals surface area contributed by atoms with Crippen LogP contribution in [0.4, 0.5) is 0 Å². The van der Waals surface area contributed by atoms with Crippen molar-refractivity contribution >= 4 is 15.9 Å². The van der Waals surface area contributed by atoms with Crippen LogP contribution in [0.3, 0.4) is 0 Å². The number of allylic oxidation sites excluding steroid dienone is 2. The maximum absolute atomic E-state index is 12.4. The van der Waals surface area contributed by atoms with Crippen molar-refractivity contribution in [3.8, 4) is 0 Å². The van der Waals surface area contributed by atoms with E-state index < -0.39 is 10.0 Å². The van der Waals surface area contributed by atoms with E-state index in [2.05, 4.69) is 17.5 Å². The van der Waals surface area contributed by atoms with Gasteiger partial charge in [-0.3, -0.25) is 4.79 Å². The van der Waals surface area contributed by atoms with E-state index in [4.69, 9.17) is 0 Å². The SMILES string of the molecule is CCN(CC)S(=O)(=O)c1ccc(CNC(=O)CC2C=CCC2)cc1. The smallest absolute Gasteiger partial charge is 0.243 e. The number of carbonyl (C=O) groups excluding carboxylic acids is 1. The van der Waals surface area contributed by atoms with Gasteiger partial charge in [0.1, 0.15) is 0 Å². The number of amides is 1. The summed E-state index contributed by atoms with van der Waals surface area (Å²) in [5.41, 5.74) is 0.892. The summed E-state index contributed by atoms with van der Waals surface area (Å²) in [6.45, 7) is 4.97. The Kier molecular flexibility index (Phi) is 6.57. The van der Waals surface area contributed by atoms with Gasteiger partial charge in [0.2, 0.25) is 15.9 Å². The number of nitrogens with one attached hydrogen (secondary N) is 1. The fourth-order valence-electron chi connectivity index (χ4n) is 2.87. The molecule has 1 N–H and O–H groups in total. The van der Waals surface area contributed by atoms with E-state index in [0.29, 0.717) is 32.0 Å². The van der Waals surface area contributed by atoms with Crippen LogP contribution >= 0.6 is 0 Å². The lowest BCUT2D eigenvalue weighted by Crippen LogP contribution is -2.30. The van der Waals surface area contributed by atoms with Gasteiger partial charge in [-0.15, -0.1) is 0 Å². The fraction of sp³-hybridized carbons (Fsp3) is 0.500. The molecular weight excluding hydrogens is 324 g/mol. The van der Waals surface area contributed by atoms with E-state index in [1.165, 1.54) is 4.31 Å². The molecule has 2 rings (SSSR count). The van der Waals surface area contributed by atoms with Gasteiger partial charge in [0.25, 0.3) is 0 Å². The Morgan fingerprint density at radius 1 is 1.21 bits per heavy atom. The molecule has 1 aliphatic rings. The predicted molar refractivity (Wildman–Crippen MR) is 94.9 cm³/mol. The number of sulfonamides is 1. The first-order chi connectivity index (χ1) is 11.5. The molecule has 0 heterocycles. The van der Waals surface area contributed by atoms with Crippen LogP contribution < -0.4 is 5.32 Å². The van der Waals surface area contributed by atoms with Crippen LogP contribution in [-0.2, 0) is 21.4 Å². The Morgan fingerprint density at radius 2 is 1.88 bits per heavy atom. The highest BCUT2D eigenvalue weighted by molar-refractivity contribution is 7.89. The fourth-order valence-corrected chi connectivity index (χ4v) is 4.33. The third-order valence-electron chi connectivity index (χ3n) is 4.32. The minimum absolute atomic E-state index is 0.0337. The molecule has 1 unspecified atom stereocenters. The van der Waals surface area contributed by atoms with Crippen molar-refractivity contribution in [2.24, 2.45) is 5.92 Å². The van der Waals surface area contributed by atoms with Crippen molar-refractivity contribution < 1.29 is 13.2 Å². The zero-order valence-corrected chi connectivity index (χ0v) is 15.2. The molecule has 1 aromatic carbocycles. The average molecular weight is 350 g/mol. The van der Waals surface area contributed by atoms with Gasteiger partial charge in [-0.1, -0.05) is 38.1 Å². The van der Waals surface area contributed by atoms with Crippen molar-refractivity contribution in [3.05, 3.63) is 42.0 Å². The summed E-state index contributed by atoms with van der Waals surface area (Å²) in [4.78, 5) is 12.2. The molecule has 0 fully saturated rings. The summed E-state index contributed by atoms with van der Waals surface area (Å²) in [5.74, 6) is 0.387. The van der Waals surface area contributed by atoms with E-state index in [1.807, 2.05) is 13.8 Å². The van der Waals surface area contributed by atoms with Crippen LogP contribution in [0.2, 0.25) is 0 Å². The number of rotatable bonds is 8. The molecule has 0 bridgehead atoms. The molecule has 0 aromatic heterocycles. The minimum Gasteiger partial charge on any atom is -0.352 e. The van der Waals surface area contributed by atoms with Crippen molar-refractivity contribution in [1.82, 2.24) is 9.62 Å². The second-order valence-corrected chi connectivity index (χ2v) is 7.92. The normalized spacial score (nSPS) is 17.4. The van der Waals surface area contributed by atoms with Gasteiger partial charge >= 0.3 is 0 Å². The average Bonchev–Trinajstić information content (AvgIpc) is 3.07. The van der Waals surface area contributed by atoms with E-state index in [9.17, 15) is 13.2 Å². The maximum Gasteiger partial charge on any atom is 0.243 e. The van der Waals surface area contributed by atoms with Gasteiger partial charge in [-0.05, 0) is 36.5 Å². The van der Waals surface area contributed by atoms with Crippen LogP contribution in [0.5, 0.6) is 0 Å². The first-order valence-corrected chi connectivity index (χ1v) is 9.93. The third-order valence-corrected chi connectivity index (χ3v) is 6.38. The standard InChI is InChI=1S/C18H26N2O3S/c1-3-20(4-2)24(22,23)17-11-9-16(10-12-17)14-19-18(21)13-15-7-5-6-8-15/h5,7,9-12,15H,3-4,6,8,13-14H2,1-2H3,(H,19,21). The molecule has 1 amide bonds. The van der Waals surface area contributed by atoms with E-state index in [-0.39, 0.29) is 10.8 Å². The molecule has 24 heavy (non-hydrogen) atoms. The van der Waals surface area contributed by atoms with Crippen molar-refractivity contribution in [2.75, 3.05) is 13.1 Å². The lowest BCUT2D eigenvalue weighted by atomic mass is 10.1. The molecule has 1 aromatic rings. The number of hydrogen-bond acceptors (Lipinski definition) is 3. The number of benzene rings is 1. The van der Waals surface area contributed by atoms with Gasteiger partial charge in [0.15, 0.2) is 0 Å². The van der Waals surface area contributed by atoms with Gasteiger partial charge in [-0.2, -0.15) is 4.31 Å². The zero-order valence-electron chi connectivity index (χ0n) is 14.4. The minimum atomic E-state index is -3.43. The monoisotopic (exact) mass is 350 g/mol. The highest BCUT2D eigenvalue weighted by Gasteiger charge is 2.21. The van der Waals surface area contributed by atoms with Crippen LogP contribution in [0.15, 0.2) is 41.3 Å². The zero-order chi connectivity index (χ0) is 17.6. The van der Waals surface area contributed by atoms with E-state index in [0.717, 1.165) is 18.4 Å². The molecule has 1 atom stereocenters. The molecule has 132 valence electrons. The predicted octanol–water partition coefficient (Wildman–Crippen LogP) is 2.69. The topological polar surface area (TPSA) is 66.5 Å². The van der Waals surface area contributed by atoms with Crippen molar-refractivity contribution in [2.45, 2.75) is 44.6 Å². The Bertz CT molecular complexity index is 677. The third kappa shape index (κ3) is 4.68. The van der Waals surface area contributed by atoms with Gasteiger partial charge in [0.05, 0.1) is 4.90 Å². The molecule has 6 heteroatoms. The molecule has 0 radical (unpaired) electrons. The first kappa shape index (κ1) is 18.7. The summed E-state index contributed by atoms with van der Waals surface area (Å²) < 4.78 is 26.3. The highest BCUT2D eigenvalue weighted by Crippen LogP contribution is 2.20. The molecular formula is C18H26N2O3S. The molecule has 0 saturated heterocycles. The molecule has 1 aliphatic carbocycles. The number of nitrogens with zero attached hydrogens (tertiary/aromatic N) is 1. The van der Waals surface area contributed by atoms with Crippen LogP contribution in [0.25, 0.3) is 0 Å². The van der Waals surface area contributed by atoms with Gasteiger partial charge < -0.3 is 5.32 Å². The second kappa shape index (κ2) is 8.44.